The molecule has 0 saturated heterocycles. The summed E-state index contributed by atoms with van der Waals surface area (Å²) in [5.74, 6) is -3.34. The van der Waals surface area contributed by atoms with E-state index in [0.29, 0.717) is 0 Å². The maximum absolute atomic E-state index is 12.1. The highest BCUT2D eigenvalue weighted by molar-refractivity contribution is 5.99. The first-order valence-corrected chi connectivity index (χ1v) is 8.68. The van der Waals surface area contributed by atoms with Gasteiger partial charge < -0.3 is 19.5 Å². The number of hydrogen-bond donors (Lipinski definition) is 1. The second kappa shape index (κ2) is 11.7. The standard InChI is InChI=1S/C19H25NO7/c1-4-25-16(22)11-15(17(13(3)21)18(23)26-5-2)20-19(24)27-12-14-9-7-6-8-10-14/h6-10,15,17H,4-5,11-12H2,1-3H3,(H,20,24). The minimum absolute atomic E-state index is 0.00292. The van der Waals surface area contributed by atoms with E-state index in [9.17, 15) is 19.2 Å². The van der Waals surface area contributed by atoms with E-state index in [1.807, 2.05) is 6.07 Å². The molecule has 148 valence electrons. The number of carbonyl (C=O) groups excluding carboxylic acids is 4. The highest BCUT2D eigenvalue weighted by Gasteiger charge is 2.36. The summed E-state index contributed by atoms with van der Waals surface area (Å²) in [6, 6.07) is 7.85. The molecule has 0 spiro atoms. The van der Waals surface area contributed by atoms with Crippen molar-refractivity contribution >= 4 is 23.8 Å². The molecule has 1 aromatic carbocycles. The molecule has 0 bridgehead atoms. The number of nitrogens with one attached hydrogen (secondary N) is 1. The van der Waals surface area contributed by atoms with Crippen molar-refractivity contribution in [1.82, 2.24) is 5.32 Å². The van der Waals surface area contributed by atoms with Crippen LogP contribution in [0.1, 0.15) is 32.8 Å². The Bertz CT molecular complexity index is 645. The third-order valence-electron chi connectivity index (χ3n) is 3.59. The Labute approximate surface area is 158 Å². The van der Waals surface area contributed by atoms with Gasteiger partial charge in [0.2, 0.25) is 0 Å². The van der Waals surface area contributed by atoms with Crippen molar-refractivity contribution in [3.05, 3.63) is 35.9 Å². The fraction of sp³-hybridized carbons (Fsp3) is 0.474. The summed E-state index contributed by atoms with van der Waals surface area (Å²) >= 11 is 0. The van der Waals surface area contributed by atoms with E-state index in [1.165, 1.54) is 6.92 Å². The molecule has 27 heavy (non-hydrogen) atoms. The lowest BCUT2D eigenvalue weighted by atomic mass is 9.93. The molecule has 0 aliphatic carbocycles. The number of Topliss-reactive ketones (excluding diaryl/α,β-unsaturated/α-hetero) is 1. The summed E-state index contributed by atoms with van der Waals surface area (Å²) in [5.41, 5.74) is 0.767. The number of hydrogen-bond acceptors (Lipinski definition) is 7. The van der Waals surface area contributed by atoms with Crippen LogP contribution in [0.3, 0.4) is 0 Å². The Hall–Kier alpha value is -2.90. The predicted octanol–water partition coefficient (Wildman–Crippen LogP) is 2.00. The van der Waals surface area contributed by atoms with E-state index in [1.54, 1.807) is 38.1 Å². The van der Waals surface area contributed by atoms with Gasteiger partial charge in [0.05, 0.1) is 25.7 Å². The summed E-state index contributed by atoms with van der Waals surface area (Å²) in [4.78, 5) is 48.1. The zero-order valence-electron chi connectivity index (χ0n) is 15.7. The van der Waals surface area contributed by atoms with Gasteiger partial charge in [-0.05, 0) is 26.3 Å². The second-order valence-corrected chi connectivity index (χ2v) is 5.66. The molecule has 0 fully saturated rings. The van der Waals surface area contributed by atoms with Crippen LogP contribution in [0.2, 0.25) is 0 Å². The summed E-state index contributed by atoms with van der Waals surface area (Å²) in [7, 11) is 0. The molecule has 1 amide bonds. The average Bonchev–Trinajstić information content (AvgIpc) is 2.61. The van der Waals surface area contributed by atoms with Crippen LogP contribution in [-0.4, -0.2) is 43.1 Å². The largest absolute Gasteiger partial charge is 0.466 e. The minimum atomic E-state index is -1.33. The van der Waals surface area contributed by atoms with Crippen molar-refractivity contribution in [3.8, 4) is 0 Å². The fourth-order valence-corrected chi connectivity index (χ4v) is 2.41. The lowest BCUT2D eigenvalue weighted by Crippen LogP contribution is -2.48. The third-order valence-corrected chi connectivity index (χ3v) is 3.59. The lowest BCUT2D eigenvalue weighted by molar-refractivity contribution is -0.153. The zero-order chi connectivity index (χ0) is 20.2. The summed E-state index contributed by atoms with van der Waals surface area (Å²) in [6.07, 6.45) is -1.22. The van der Waals surface area contributed by atoms with Gasteiger partial charge in [-0.1, -0.05) is 30.3 Å². The van der Waals surface area contributed by atoms with Gasteiger partial charge in [0.25, 0.3) is 0 Å². The van der Waals surface area contributed by atoms with Crippen LogP contribution in [0.5, 0.6) is 0 Å². The van der Waals surface area contributed by atoms with Gasteiger partial charge in [-0.3, -0.25) is 14.4 Å². The SMILES string of the molecule is CCOC(=O)CC(NC(=O)OCc1ccccc1)C(C(C)=O)C(=O)OCC. The first-order chi connectivity index (χ1) is 12.9. The van der Waals surface area contributed by atoms with Gasteiger partial charge >= 0.3 is 18.0 Å². The summed E-state index contributed by atoms with van der Waals surface area (Å²) in [6.45, 7) is 4.61. The Kier molecular flexibility index (Phi) is 9.57. The number of carbonyl (C=O) groups is 4. The Morgan fingerprint density at radius 2 is 1.59 bits per heavy atom. The molecule has 1 rings (SSSR count). The van der Waals surface area contributed by atoms with Crippen LogP contribution in [-0.2, 0) is 35.2 Å². The molecule has 2 unspecified atom stereocenters. The van der Waals surface area contributed by atoms with E-state index in [4.69, 9.17) is 14.2 Å². The smallest absolute Gasteiger partial charge is 0.407 e. The Balaban J connectivity index is 2.85. The summed E-state index contributed by atoms with van der Waals surface area (Å²) < 4.78 is 14.9. The predicted molar refractivity (Wildman–Crippen MR) is 95.6 cm³/mol. The van der Waals surface area contributed by atoms with E-state index < -0.39 is 35.8 Å². The molecular formula is C19H25NO7. The number of ketones is 1. The van der Waals surface area contributed by atoms with Crippen LogP contribution in [0, 0.1) is 5.92 Å². The van der Waals surface area contributed by atoms with Crippen molar-refractivity contribution in [2.24, 2.45) is 5.92 Å². The van der Waals surface area contributed by atoms with Crippen LogP contribution < -0.4 is 5.32 Å². The van der Waals surface area contributed by atoms with Gasteiger partial charge in [-0.2, -0.15) is 0 Å². The average molecular weight is 379 g/mol. The number of rotatable bonds is 10. The molecule has 8 nitrogen and oxygen atoms in total. The van der Waals surface area contributed by atoms with Crippen molar-refractivity contribution in [2.45, 2.75) is 39.8 Å². The monoisotopic (exact) mass is 379 g/mol. The van der Waals surface area contributed by atoms with Crippen molar-refractivity contribution in [2.75, 3.05) is 13.2 Å². The lowest BCUT2D eigenvalue weighted by Gasteiger charge is -2.24. The van der Waals surface area contributed by atoms with Crippen LogP contribution in [0.4, 0.5) is 4.79 Å². The van der Waals surface area contributed by atoms with Crippen molar-refractivity contribution in [1.29, 1.82) is 0 Å². The molecule has 0 aliphatic rings. The number of alkyl carbamates (subject to hydrolysis) is 1. The van der Waals surface area contributed by atoms with Gasteiger partial charge in [0.15, 0.2) is 0 Å². The van der Waals surface area contributed by atoms with E-state index in [0.717, 1.165) is 5.56 Å². The molecule has 1 N–H and O–H groups in total. The van der Waals surface area contributed by atoms with E-state index >= 15 is 0 Å². The topological polar surface area (TPSA) is 108 Å². The van der Waals surface area contributed by atoms with Gasteiger partial charge in [-0.15, -0.1) is 0 Å². The molecule has 0 saturated carbocycles. The summed E-state index contributed by atoms with van der Waals surface area (Å²) in [5, 5.41) is 2.41. The maximum Gasteiger partial charge on any atom is 0.407 e. The maximum atomic E-state index is 12.1. The van der Waals surface area contributed by atoms with E-state index in [2.05, 4.69) is 5.32 Å². The molecule has 1 aromatic rings. The number of benzene rings is 1. The van der Waals surface area contributed by atoms with Crippen molar-refractivity contribution in [3.63, 3.8) is 0 Å². The third kappa shape index (κ3) is 7.89. The molecule has 0 radical (unpaired) electrons. The number of amides is 1. The Morgan fingerprint density at radius 3 is 2.15 bits per heavy atom. The van der Waals surface area contributed by atoms with E-state index in [-0.39, 0.29) is 26.2 Å². The molecule has 8 heteroatoms. The van der Waals surface area contributed by atoms with Gasteiger partial charge in [0, 0.05) is 0 Å². The number of ether oxygens (including phenoxy) is 3. The van der Waals surface area contributed by atoms with Crippen LogP contribution >= 0.6 is 0 Å². The molecule has 2 atom stereocenters. The molecule has 0 aliphatic heterocycles. The van der Waals surface area contributed by atoms with Crippen LogP contribution in [0.25, 0.3) is 0 Å². The van der Waals surface area contributed by atoms with Gasteiger partial charge in [-0.25, -0.2) is 4.79 Å². The molecular weight excluding hydrogens is 354 g/mol. The second-order valence-electron chi connectivity index (χ2n) is 5.66. The minimum Gasteiger partial charge on any atom is -0.466 e. The normalized spacial score (nSPS) is 12.4. The quantitative estimate of drug-likeness (QED) is 0.376. The first-order valence-electron chi connectivity index (χ1n) is 8.68. The van der Waals surface area contributed by atoms with Crippen LogP contribution in [0.15, 0.2) is 30.3 Å². The zero-order valence-corrected chi connectivity index (χ0v) is 15.7. The highest BCUT2D eigenvalue weighted by Crippen LogP contribution is 2.14. The fourth-order valence-electron chi connectivity index (χ4n) is 2.41. The molecule has 0 heterocycles. The molecule has 0 aromatic heterocycles. The first kappa shape index (κ1) is 22.1. The Morgan fingerprint density at radius 1 is 0.963 bits per heavy atom. The van der Waals surface area contributed by atoms with Crippen molar-refractivity contribution < 1.29 is 33.4 Å². The number of esters is 2. The highest BCUT2D eigenvalue weighted by atomic mass is 16.6. The van der Waals surface area contributed by atoms with Gasteiger partial charge in [0.1, 0.15) is 18.3 Å².